The summed E-state index contributed by atoms with van der Waals surface area (Å²) in [6, 6.07) is 0. The quantitative estimate of drug-likeness (QED) is 0.434. The maximum atomic E-state index is 17.7. The van der Waals surface area contributed by atoms with Gasteiger partial charge in [0.05, 0.1) is 10.2 Å². The number of hydrogen-bond donors (Lipinski definition) is 1. The lowest BCUT2D eigenvalue weighted by Crippen LogP contribution is -2.68. The Hall–Kier alpha value is -0.790. The van der Waals surface area contributed by atoms with Crippen molar-refractivity contribution in [1.29, 1.82) is 0 Å². The predicted molar refractivity (Wildman–Crippen MR) is 128 cm³/mol. The highest BCUT2D eigenvalue weighted by Gasteiger charge is 2.76. The first-order valence-electron chi connectivity index (χ1n) is 11.8. The van der Waals surface area contributed by atoms with E-state index in [1.165, 1.54) is 13.0 Å². The number of carbonyl (C=O) groups is 2. The minimum Gasteiger partial charge on any atom is -0.459 e. The number of thioether (sulfide) groups is 2. The fourth-order valence-corrected chi connectivity index (χ4v) is 11.1. The summed E-state index contributed by atoms with van der Waals surface area (Å²) in [5.74, 6) is 0.711. The highest BCUT2D eigenvalue weighted by Crippen LogP contribution is 2.74. The van der Waals surface area contributed by atoms with E-state index in [4.69, 9.17) is 4.74 Å². The number of aliphatic hydroxyl groups is 1. The molecule has 1 N–H and O–H groups in total. The summed E-state index contributed by atoms with van der Waals surface area (Å²) in [5, 5.41) is 11.4. The van der Waals surface area contributed by atoms with Gasteiger partial charge in [0.25, 0.3) is 0 Å². The van der Waals surface area contributed by atoms with Crippen molar-refractivity contribution in [2.24, 2.45) is 22.7 Å². The molecule has 0 radical (unpaired) electrons. The van der Waals surface area contributed by atoms with Gasteiger partial charge < -0.3 is 9.84 Å². The molecule has 4 rings (SSSR count). The predicted octanol–water partition coefficient (Wildman–Crippen LogP) is 5.10. The van der Waals surface area contributed by atoms with Crippen molar-refractivity contribution in [1.82, 2.24) is 0 Å². The molecular weight excluding hydrogens is 447 g/mol. The molecule has 4 nitrogen and oxygen atoms in total. The number of allylic oxidation sites excluding steroid dienone is 4. The monoisotopic (exact) mass is 482 g/mol. The van der Waals surface area contributed by atoms with Crippen LogP contribution >= 0.6 is 23.5 Å². The molecule has 0 bridgehead atoms. The van der Waals surface area contributed by atoms with Crippen LogP contribution < -0.4 is 0 Å². The van der Waals surface area contributed by atoms with Gasteiger partial charge in [0.2, 0.25) is 0 Å². The highest BCUT2D eigenvalue weighted by molar-refractivity contribution is 8.18. The van der Waals surface area contributed by atoms with Crippen molar-refractivity contribution >= 4 is 35.3 Å². The van der Waals surface area contributed by atoms with Crippen LogP contribution in [-0.2, 0) is 14.3 Å². The molecule has 1 unspecified atom stereocenters. The maximum absolute atomic E-state index is 17.7. The Labute approximate surface area is 199 Å². The van der Waals surface area contributed by atoms with Gasteiger partial charge >= 0.3 is 5.97 Å². The second kappa shape index (κ2) is 8.16. The molecule has 0 aliphatic heterocycles. The van der Waals surface area contributed by atoms with E-state index in [0.29, 0.717) is 25.7 Å². The van der Waals surface area contributed by atoms with Crippen molar-refractivity contribution in [3.8, 4) is 0 Å². The molecule has 3 saturated carbocycles. The standard InChI is InChI=1S/C25H35FO4S2/c1-6-31-25(32-7-2)20(29)13-19-18-9-8-16-12-17(28)10-11-22(16,4)24(18,26)21(30-15(3)27)14-23(19,25)5/h10-12,18-21,29H,6-9,13-14H2,1-5H3/t18-,19-,20+,21-,22-,23-,24?/m0/s1. The number of aliphatic hydroxyl groups excluding tert-OH is 1. The van der Waals surface area contributed by atoms with Crippen LogP contribution in [0.5, 0.6) is 0 Å². The Balaban J connectivity index is 1.88. The van der Waals surface area contributed by atoms with E-state index in [-0.39, 0.29) is 23.0 Å². The summed E-state index contributed by atoms with van der Waals surface area (Å²) in [5.41, 5.74) is -2.43. The third kappa shape index (κ3) is 3.06. The number of fused-ring (bicyclic) bond motifs is 5. The van der Waals surface area contributed by atoms with Gasteiger partial charge in [-0.2, -0.15) is 0 Å². The van der Waals surface area contributed by atoms with Gasteiger partial charge in [-0.1, -0.05) is 32.4 Å². The van der Waals surface area contributed by atoms with Crippen LogP contribution in [0.1, 0.15) is 60.3 Å². The van der Waals surface area contributed by atoms with E-state index in [1.54, 1.807) is 35.7 Å². The SMILES string of the molecule is CCSC1(SCC)[C@H](O)C[C@H]2[C@@H]3CCC4=CC(=O)C=C[C@]4(C)C3(F)[C@@H](OC(C)=O)C[C@@]21C. The molecule has 7 heteroatoms. The van der Waals surface area contributed by atoms with Gasteiger partial charge in [0.1, 0.15) is 6.10 Å². The molecule has 0 aromatic rings. The van der Waals surface area contributed by atoms with Crippen LogP contribution in [0, 0.1) is 22.7 Å². The van der Waals surface area contributed by atoms with E-state index in [2.05, 4.69) is 20.8 Å². The second-order valence-corrected chi connectivity index (χ2v) is 13.4. The van der Waals surface area contributed by atoms with Crippen LogP contribution in [0.3, 0.4) is 0 Å². The molecule has 4 aliphatic carbocycles. The van der Waals surface area contributed by atoms with Crippen LogP contribution in [0.25, 0.3) is 0 Å². The number of ketones is 1. The van der Waals surface area contributed by atoms with E-state index in [9.17, 15) is 14.7 Å². The lowest BCUT2D eigenvalue weighted by atomic mass is 9.46. The summed E-state index contributed by atoms with van der Waals surface area (Å²) in [6.07, 6.45) is 5.40. The fourth-order valence-electron chi connectivity index (χ4n) is 7.46. The van der Waals surface area contributed by atoms with Crippen LogP contribution in [0.4, 0.5) is 4.39 Å². The molecule has 0 amide bonds. The van der Waals surface area contributed by atoms with Crippen molar-refractivity contribution in [3.05, 3.63) is 23.8 Å². The average molecular weight is 483 g/mol. The molecule has 0 saturated heterocycles. The van der Waals surface area contributed by atoms with E-state index >= 15 is 4.39 Å². The number of esters is 1. The lowest BCUT2D eigenvalue weighted by molar-refractivity contribution is -0.209. The Kier molecular flexibility index (Phi) is 6.20. The zero-order valence-corrected chi connectivity index (χ0v) is 21.3. The average Bonchev–Trinajstić information content (AvgIpc) is 2.91. The molecule has 0 aromatic carbocycles. The molecule has 3 fully saturated rings. The number of alkyl halides is 1. The first-order chi connectivity index (χ1) is 15.0. The Bertz CT molecular complexity index is 866. The zero-order chi connectivity index (χ0) is 23.5. The van der Waals surface area contributed by atoms with Gasteiger partial charge in [-0.05, 0) is 62.2 Å². The number of hydrogen-bond acceptors (Lipinski definition) is 6. The maximum Gasteiger partial charge on any atom is 0.303 e. The first kappa shape index (κ1) is 24.3. The van der Waals surface area contributed by atoms with E-state index in [1.807, 2.05) is 6.92 Å². The summed E-state index contributed by atoms with van der Waals surface area (Å²) < 4.78 is 23.0. The van der Waals surface area contributed by atoms with Gasteiger partial charge in [0, 0.05) is 23.7 Å². The topological polar surface area (TPSA) is 63.6 Å². The zero-order valence-electron chi connectivity index (χ0n) is 19.7. The van der Waals surface area contributed by atoms with E-state index < -0.39 is 33.3 Å². The minimum absolute atomic E-state index is 0.0307. The van der Waals surface area contributed by atoms with Crippen molar-refractivity contribution < 1.29 is 23.8 Å². The highest BCUT2D eigenvalue weighted by atomic mass is 32.2. The third-order valence-corrected chi connectivity index (χ3v) is 12.4. The van der Waals surface area contributed by atoms with Crippen molar-refractivity contribution in [3.63, 3.8) is 0 Å². The van der Waals surface area contributed by atoms with Crippen molar-refractivity contribution in [2.45, 2.75) is 82.3 Å². The Morgan fingerprint density at radius 1 is 1.25 bits per heavy atom. The van der Waals surface area contributed by atoms with Crippen LogP contribution in [0.2, 0.25) is 0 Å². The largest absolute Gasteiger partial charge is 0.459 e. The smallest absolute Gasteiger partial charge is 0.303 e. The van der Waals surface area contributed by atoms with Gasteiger partial charge in [-0.15, -0.1) is 23.5 Å². The molecule has 32 heavy (non-hydrogen) atoms. The molecule has 178 valence electrons. The van der Waals surface area contributed by atoms with Gasteiger partial charge in [0.15, 0.2) is 11.5 Å². The molecule has 4 aliphatic rings. The number of halogens is 1. The van der Waals surface area contributed by atoms with Crippen LogP contribution in [0.15, 0.2) is 23.8 Å². The van der Waals surface area contributed by atoms with Gasteiger partial charge in [-0.3, -0.25) is 9.59 Å². The molecule has 7 atom stereocenters. The first-order valence-corrected chi connectivity index (χ1v) is 13.7. The summed E-state index contributed by atoms with van der Waals surface area (Å²) in [6.45, 7) is 9.57. The van der Waals surface area contributed by atoms with Crippen molar-refractivity contribution in [2.75, 3.05) is 11.5 Å². The normalized spacial score (nSPS) is 44.3. The lowest BCUT2D eigenvalue weighted by Gasteiger charge is -2.63. The fraction of sp³-hybridized carbons (Fsp3) is 0.760. The van der Waals surface area contributed by atoms with Crippen LogP contribution in [-0.4, -0.2) is 50.3 Å². The summed E-state index contributed by atoms with van der Waals surface area (Å²) >= 11 is 3.53. The van der Waals surface area contributed by atoms with Gasteiger partial charge in [-0.25, -0.2) is 4.39 Å². The Morgan fingerprint density at radius 2 is 1.91 bits per heavy atom. The molecule has 0 spiro atoms. The number of carbonyl (C=O) groups excluding carboxylic acids is 2. The minimum atomic E-state index is -1.83. The number of rotatable bonds is 5. The third-order valence-electron chi connectivity index (χ3n) is 8.74. The summed E-state index contributed by atoms with van der Waals surface area (Å²) in [4.78, 5) is 24.3. The Morgan fingerprint density at radius 3 is 2.50 bits per heavy atom. The molecule has 0 aromatic heterocycles. The summed E-state index contributed by atoms with van der Waals surface area (Å²) in [7, 11) is 0. The second-order valence-electron chi connectivity index (χ2n) is 10.1. The molecular formula is C25H35FO4S2. The number of ether oxygens (including phenoxy) is 1. The molecule has 0 heterocycles. The van der Waals surface area contributed by atoms with E-state index in [0.717, 1.165) is 17.1 Å².